The largest absolute Gasteiger partial charge is 0.508 e. The number of aryl methyl sites for hydroxylation is 1. The van der Waals surface area contributed by atoms with Crippen LogP contribution < -0.4 is 15.3 Å². The summed E-state index contributed by atoms with van der Waals surface area (Å²) in [5.41, 5.74) is 2.24. The molecule has 0 aliphatic carbocycles. The highest BCUT2D eigenvalue weighted by Gasteiger charge is 2.23. The summed E-state index contributed by atoms with van der Waals surface area (Å²) in [4.78, 5) is 29.3. The number of hydrogen-bond acceptors (Lipinski definition) is 6. The Morgan fingerprint density at radius 1 is 1.13 bits per heavy atom. The zero-order valence-corrected chi connectivity index (χ0v) is 17.8. The highest BCUT2D eigenvalue weighted by molar-refractivity contribution is 5.82. The molecule has 1 aromatic heterocycles. The molecule has 0 unspecified atom stereocenters. The number of nitrogens with zero attached hydrogens (tertiary/aromatic N) is 2. The molecule has 162 valence electrons. The van der Waals surface area contributed by atoms with Gasteiger partial charge in [-0.15, -0.1) is 0 Å². The van der Waals surface area contributed by atoms with E-state index >= 15 is 0 Å². The number of carbonyl (C=O) groups is 1. The molecule has 1 amide bonds. The number of anilines is 1. The van der Waals surface area contributed by atoms with Gasteiger partial charge in [0.05, 0.1) is 12.8 Å². The predicted octanol–water partition coefficient (Wildman–Crippen LogP) is 3.10. The van der Waals surface area contributed by atoms with Gasteiger partial charge < -0.3 is 24.1 Å². The summed E-state index contributed by atoms with van der Waals surface area (Å²) in [7, 11) is 1.66. The van der Waals surface area contributed by atoms with E-state index in [4.69, 9.17) is 9.15 Å². The van der Waals surface area contributed by atoms with Crippen molar-refractivity contribution in [1.82, 2.24) is 4.90 Å². The maximum Gasteiger partial charge on any atom is 0.339 e. The fraction of sp³-hybridized carbons (Fsp3) is 0.333. The number of amides is 1. The molecule has 1 saturated heterocycles. The van der Waals surface area contributed by atoms with Crippen LogP contribution in [0.25, 0.3) is 11.0 Å². The molecule has 31 heavy (non-hydrogen) atoms. The van der Waals surface area contributed by atoms with Crippen LogP contribution in [0.5, 0.6) is 11.5 Å². The van der Waals surface area contributed by atoms with Crippen LogP contribution in [0.1, 0.15) is 17.5 Å². The summed E-state index contributed by atoms with van der Waals surface area (Å²) in [6.07, 6.45) is 0.584. The molecule has 4 rings (SSSR count). The van der Waals surface area contributed by atoms with E-state index in [0.717, 1.165) is 35.5 Å². The van der Waals surface area contributed by atoms with Crippen LogP contribution in [0.15, 0.2) is 51.7 Å². The summed E-state index contributed by atoms with van der Waals surface area (Å²) in [6, 6.07) is 12.6. The topological polar surface area (TPSA) is 83.2 Å². The minimum Gasteiger partial charge on any atom is -0.508 e. The molecule has 0 saturated carbocycles. The third kappa shape index (κ3) is 4.21. The van der Waals surface area contributed by atoms with Gasteiger partial charge in [-0.25, -0.2) is 4.79 Å². The first-order chi connectivity index (χ1) is 15.0. The van der Waals surface area contributed by atoms with Crippen molar-refractivity contribution < 1.29 is 19.1 Å². The zero-order valence-electron chi connectivity index (χ0n) is 17.8. The van der Waals surface area contributed by atoms with Crippen LogP contribution in [-0.2, 0) is 11.2 Å². The van der Waals surface area contributed by atoms with E-state index in [1.165, 1.54) is 6.07 Å². The number of benzene rings is 2. The van der Waals surface area contributed by atoms with Gasteiger partial charge in [0.2, 0.25) is 5.91 Å². The number of para-hydroxylation sites is 2. The fourth-order valence-corrected chi connectivity index (χ4v) is 4.15. The second-order valence-electron chi connectivity index (χ2n) is 7.71. The van der Waals surface area contributed by atoms with E-state index in [2.05, 4.69) is 4.90 Å². The lowest BCUT2D eigenvalue weighted by atomic mass is 10.0. The monoisotopic (exact) mass is 422 g/mol. The summed E-state index contributed by atoms with van der Waals surface area (Å²) < 4.78 is 10.8. The number of piperazine rings is 1. The number of ether oxygens (including phenoxy) is 1. The molecule has 0 atom stereocenters. The van der Waals surface area contributed by atoms with E-state index < -0.39 is 5.63 Å². The van der Waals surface area contributed by atoms with Gasteiger partial charge in [-0.05, 0) is 43.2 Å². The first kappa shape index (κ1) is 20.8. The second kappa shape index (κ2) is 8.71. The second-order valence-corrected chi connectivity index (χ2v) is 7.71. The molecule has 3 aromatic rings. The van der Waals surface area contributed by atoms with E-state index in [1.807, 2.05) is 36.1 Å². The normalized spacial score (nSPS) is 14.1. The van der Waals surface area contributed by atoms with E-state index in [0.29, 0.717) is 30.7 Å². The number of aromatic hydroxyl groups is 1. The Bertz CT molecular complexity index is 1160. The van der Waals surface area contributed by atoms with Crippen LogP contribution in [0, 0.1) is 6.92 Å². The van der Waals surface area contributed by atoms with Crippen molar-refractivity contribution in [1.29, 1.82) is 0 Å². The number of methoxy groups -OCH3 is 1. The van der Waals surface area contributed by atoms with Gasteiger partial charge >= 0.3 is 5.63 Å². The number of hydrogen-bond donors (Lipinski definition) is 1. The average molecular weight is 422 g/mol. The maximum absolute atomic E-state index is 12.8. The van der Waals surface area contributed by atoms with Crippen LogP contribution in [-0.4, -0.2) is 49.2 Å². The molecule has 0 spiro atoms. The fourth-order valence-electron chi connectivity index (χ4n) is 4.15. The summed E-state index contributed by atoms with van der Waals surface area (Å²) in [5.74, 6) is 0.906. The lowest BCUT2D eigenvalue weighted by molar-refractivity contribution is -0.131. The highest BCUT2D eigenvalue weighted by atomic mass is 16.5. The third-order valence-corrected chi connectivity index (χ3v) is 5.92. The summed E-state index contributed by atoms with van der Waals surface area (Å²) >= 11 is 0. The van der Waals surface area contributed by atoms with Crippen molar-refractivity contribution in [3.8, 4) is 11.5 Å². The maximum atomic E-state index is 12.8. The van der Waals surface area contributed by atoms with Crippen molar-refractivity contribution in [2.45, 2.75) is 19.8 Å². The predicted molar refractivity (Wildman–Crippen MR) is 119 cm³/mol. The Hall–Kier alpha value is -3.48. The Morgan fingerprint density at radius 2 is 1.87 bits per heavy atom. The smallest absolute Gasteiger partial charge is 0.339 e. The Balaban J connectivity index is 1.40. The highest BCUT2D eigenvalue weighted by Crippen LogP contribution is 2.28. The standard InChI is InChI=1S/C24H26N2O5/c1-16-18-8-7-17(27)15-22(18)31-24(29)19(16)9-10-23(28)26-13-11-25(12-14-26)20-5-3-4-6-21(20)30-2/h3-8,15,27H,9-14H2,1-2H3. The average Bonchev–Trinajstić information content (AvgIpc) is 2.78. The molecule has 1 aliphatic rings. The first-order valence-corrected chi connectivity index (χ1v) is 10.4. The quantitative estimate of drug-likeness (QED) is 0.636. The Morgan fingerprint density at radius 3 is 2.61 bits per heavy atom. The molecule has 7 heteroatoms. The van der Waals surface area contributed by atoms with E-state index in [1.54, 1.807) is 19.2 Å². The van der Waals surface area contributed by atoms with Gasteiger partial charge in [0.25, 0.3) is 0 Å². The third-order valence-electron chi connectivity index (χ3n) is 5.92. The lowest BCUT2D eigenvalue weighted by Crippen LogP contribution is -2.49. The zero-order chi connectivity index (χ0) is 22.0. The Labute approximate surface area is 180 Å². The number of phenols is 1. The number of carbonyl (C=O) groups excluding carboxylic acids is 1. The van der Waals surface area contributed by atoms with Crippen LogP contribution in [0.4, 0.5) is 5.69 Å². The Kier molecular flexibility index (Phi) is 5.84. The minimum absolute atomic E-state index is 0.0317. The molecular formula is C24H26N2O5. The SMILES string of the molecule is COc1ccccc1N1CCN(C(=O)CCc2c(C)c3ccc(O)cc3oc2=O)CC1. The molecule has 0 bridgehead atoms. The van der Waals surface area contributed by atoms with E-state index in [9.17, 15) is 14.7 Å². The van der Waals surface area contributed by atoms with Gasteiger partial charge in [0, 0.05) is 49.6 Å². The number of rotatable bonds is 5. The summed E-state index contributed by atoms with van der Waals surface area (Å²) in [6.45, 7) is 4.56. The van der Waals surface area contributed by atoms with Crippen molar-refractivity contribution in [3.63, 3.8) is 0 Å². The van der Waals surface area contributed by atoms with Crippen molar-refractivity contribution in [3.05, 3.63) is 64.0 Å². The summed E-state index contributed by atoms with van der Waals surface area (Å²) in [5, 5.41) is 10.4. The number of fused-ring (bicyclic) bond motifs is 1. The van der Waals surface area contributed by atoms with Gasteiger partial charge in [0.1, 0.15) is 17.1 Å². The molecule has 1 fully saturated rings. The van der Waals surface area contributed by atoms with Gasteiger partial charge in [-0.1, -0.05) is 12.1 Å². The van der Waals surface area contributed by atoms with Crippen molar-refractivity contribution >= 4 is 22.6 Å². The van der Waals surface area contributed by atoms with E-state index in [-0.39, 0.29) is 18.1 Å². The molecule has 1 aliphatic heterocycles. The number of phenolic OH excluding ortho intramolecular Hbond substituents is 1. The molecular weight excluding hydrogens is 396 g/mol. The van der Waals surface area contributed by atoms with Crippen LogP contribution >= 0.6 is 0 Å². The first-order valence-electron chi connectivity index (χ1n) is 10.4. The lowest BCUT2D eigenvalue weighted by Gasteiger charge is -2.36. The van der Waals surface area contributed by atoms with Gasteiger partial charge in [-0.3, -0.25) is 4.79 Å². The molecule has 1 N–H and O–H groups in total. The van der Waals surface area contributed by atoms with Gasteiger partial charge in [0.15, 0.2) is 0 Å². The van der Waals surface area contributed by atoms with Crippen LogP contribution in [0.3, 0.4) is 0 Å². The van der Waals surface area contributed by atoms with Crippen molar-refractivity contribution in [2.75, 3.05) is 38.2 Å². The molecule has 2 heterocycles. The van der Waals surface area contributed by atoms with Crippen LogP contribution in [0.2, 0.25) is 0 Å². The molecule has 2 aromatic carbocycles. The molecule has 0 radical (unpaired) electrons. The van der Waals surface area contributed by atoms with Gasteiger partial charge in [-0.2, -0.15) is 0 Å². The minimum atomic E-state index is -0.454. The molecule has 7 nitrogen and oxygen atoms in total. The van der Waals surface area contributed by atoms with Crippen molar-refractivity contribution in [2.24, 2.45) is 0 Å².